The van der Waals surface area contributed by atoms with Crippen molar-refractivity contribution in [1.29, 1.82) is 0 Å². The highest BCUT2D eigenvalue weighted by Crippen LogP contribution is 2.26. The van der Waals surface area contributed by atoms with Crippen LogP contribution in [0.25, 0.3) is 10.9 Å². The van der Waals surface area contributed by atoms with Gasteiger partial charge < -0.3 is 9.80 Å². The minimum Gasteiger partial charge on any atom is -0.372 e. The number of thioether (sulfide) groups is 1. The third kappa shape index (κ3) is 5.61. The maximum Gasteiger partial charge on any atom is 0.262 e. The summed E-state index contributed by atoms with van der Waals surface area (Å²) < 4.78 is 1.75. The van der Waals surface area contributed by atoms with Crippen LogP contribution in [-0.2, 0) is 11.3 Å². The molecule has 36 heavy (non-hydrogen) atoms. The average Bonchev–Trinajstić information content (AvgIpc) is 2.89. The third-order valence-electron chi connectivity index (χ3n) is 7.35. The molecule has 190 valence electrons. The molecule has 2 aliphatic rings. The van der Waals surface area contributed by atoms with Gasteiger partial charge in [0.1, 0.15) is 0 Å². The second-order valence-corrected chi connectivity index (χ2v) is 11.5. The Hall–Kier alpha value is -2.80. The third-order valence-corrected chi connectivity index (χ3v) is 8.31. The lowest BCUT2D eigenvalue weighted by Gasteiger charge is -2.35. The van der Waals surface area contributed by atoms with E-state index in [4.69, 9.17) is 4.98 Å². The van der Waals surface area contributed by atoms with Gasteiger partial charge in [-0.25, -0.2) is 4.98 Å². The molecule has 3 heterocycles. The maximum absolute atomic E-state index is 13.8. The number of carbonyl (C=O) groups is 1. The minimum absolute atomic E-state index is 0.0436. The first-order valence-electron chi connectivity index (χ1n) is 13.2. The van der Waals surface area contributed by atoms with Crippen LogP contribution in [0.5, 0.6) is 0 Å². The predicted octanol–water partition coefficient (Wildman–Crippen LogP) is 5.03. The normalized spacial score (nSPS) is 20.6. The van der Waals surface area contributed by atoms with E-state index in [0.29, 0.717) is 34.4 Å². The van der Waals surface area contributed by atoms with Gasteiger partial charge in [-0.2, -0.15) is 0 Å². The Labute approximate surface area is 217 Å². The summed E-state index contributed by atoms with van der Waals surface area (Å²) in [5, 5.41) is 1.25. The molecule has 0 saturated carbocycles. The molecule has 0 radical (unpaired) electrons. The van der Waals surface area contributed by atoms with Gasteiger partial charge in [-0.05, 0) is 61.3 Å². The Morgan fingerprint density at radius 1 is 1.00 bits per heavy atom. The Morgan fingerprint density at radius 3 is 2.44 bits per heavy atom. The Kier molecular flexibility index (Phi) is 7.65. The second-order valence-electron chi connectivity index (χ2n) is 10.6. The molecule has 0 bridgehead atoms. The van der Waals surface area contributed by atoms with E-state index in [1.54, 1.807) is 4.57 Å². The van der Waals surface area contributed by atoms with Crippen LogP contribution < -0.4 is 10.5 Å². The molecule has 0 aliphatic carbocycles. The number of benzene rings is 2. The Balaban J connectivity index is 1.46. The van der Waals surface area contributed by atoms with Crippen molar-refractivity contribution in [2.24, 2.45) is 11.8 Å². The van der Waals surface area contributed by atoms with Gasteiger partial charge >= 0.3 is 0 Å². The molecule has 2 aliphatic heterocycles. The van der Waals surface area contributed by atoms with Gasteiger partial charge in [-0.15, -0.1) is 0 Å². The van der Waals surface area contributed by atoms with Crippen LogP contribution in [0.15, 0.2) is 58.5 Å². The summed E-state index contributed by atoms with van der Waals surface area (Å²) in [7, 11) is 0. The number of likely N-dealkylation sites (tertiary alicyclic amines) is 1. The van der Waals surface area contributed by atoms with Crippen molar-refractivity contribution in [2.75, 3.05) is 36.8 Å². The van der Waals surface area contributed by atoms with Crippen molar-refractivity contribution in [3.63, 3.8) is 0 Å². The highest BCUT2D eigenvalue weighted by atomic mass is 32.2. The molecule has 2 aromatic carbocycles. The van der Waals surface area contributed by atoms with Gasteiger partial charge in [0.25, 0.3) is 5.56 Å². The largest absolute Gasteiger partial charge is 0.372 e. The van der Waals surface area contributed by atoms with E-state index in [-0.39, 0.29) is 17.2 Å². The van der Waals surface area contributed by atoms with Crippen LogP contribution in [0.2, 0.25) is 0 Å². The zero-order chi connectivity index (χ0) is 25.1. The van der Waals surface area contributed by atoms with Crippen molar-refractivity contribution in [3.05, 3.63) is 64.4 Å². The quantitative estimate of drug-likeness (QED) is 0.348. The molecule has 1 aromatic heterocycles. The molecular weight excluding hydrogens is 468 g/mol. The van der Waals surface area contributed by atoms with E-state index in [2.05, 4.69) is 24.8 Å². The van der Waals surface area contributed by atoms with Crippen LogP contribution in [0, 0.1) is 11.8 Å². The van der Waals surface area contributed by atoms with E-state index in [1.807, 2.05) is 47.4 Å². The molecule has 2 fully saturated rings. The number of fused-ring (bicyclic) bond motifs is 1. The number of hydrogen-bond acceptors (Lipinski definition) is 5. The van der Waals surface area contributed by atoms with E-state index in [0.717, 1.165) is 37.4 Å². The standard InChI is InChI=1S/C29H36N4O2S/c1-21-15-22(2)18-32(17-21)27(34)20-36-29-30-26-12-11-24(31-13-7-4-8-14-31)16-25(26)28(35)33(29)19-23-9-5-3-6-10-23/h3,5-6,9-12,16,21-22H,4,7-8,13-15,17-20H2,1-2H3/t21-,22-/m0/s1. The first-order valence-corrected chi connectivity index (χ1v) is 14.2. The molecule has 0 N–H and O–H groups in total. The predicted molar refractivity (Wildman–Crippen MR) is 148 cm³/mol. The van der Waals surface area contributed by atoms with Crippen molar-refractivity contribution in [3.8, 4) is 0 Å². The van der Waals surface area contributed by atoms with Crippen LogP contribution >= 0.6 is 11.8 Å². The average molecular weight is 505 g/mol. The lowest BCUT2D eigenvalue weighted by Crippen LogP contribution is -2.43. The molecule has 2 saturated heterocycles. The summed E-state index contributed by atoms with van der Waals surface area (Å²) in [6.07, 6.45) is 4.81. The fraction of sp³-hybridized carbons (Fsp3) is 0.483. The summed E-state index contributed by atoms with van der Waals surface area (Å²) in [6.45, 7) is 8.54. The fourth-order valence-corrected chi connectivity index (χ4v) is 6.54. The van der Waals surface area contributed by atoms with Gasteiger partial charge in [0, 0.05) is 31.9 Å². The van der Waals surface area contributed by atoms with E-state index in [1.165, 1.54) is 37.4 Å². The molecular formula is C29H36N4O2S. The Bertz CT molecular complexity index is 1260. The number of amides is 1. The smallest absolute Gasteiger partial charge is 0.262 e. The van der Waals surface area contributed by atoms with Gasteiger partial charge in [0.2, 0.25) is 5.91 Å². The summed E-state index contributed by atoms with van der Waals surface area (Å²) in [6, 6.07) is 16.0. The molecule has 3 aromatic rings. The van der Waals surface area contributed by atoms with Gasteiger partial charge in [-0.3, -0.25) is 14.2 Å². The lowest BCUT2D eigenvalue weighted by atomic mass is 9.92. The summed E-state index contributed by atoms with van der Waals surface area (Å²) in [5.74, 6) is 1.45. The van der Waals surface area contributed by atoms with Crippen molar-refractivity contribution in [1.82, 2.24) is 14.5 Å². The SMILES string of the molecule is C[C@H]1C[C@H](C)CN(C(=O)CSc2nc3ccc(N4CCCCC4)cc3c(=O)n2Cc2ccccc2)C1. The lowest BCUT2D eigenvalue weighted by molar-refractivity contribution is -0.130. The number of nitrogens with zero attached hydrogens (tertiary/aromatic N) is 4. The number of carbonyl (C=O) groups excluding carboxylic acids is 1. The van der Waals surface area contributed by atoms with Crippen LogP contribution in [-0.4, -0.2) is 52.3 Å². The Morgan fingerprint density at radius 2 is 1.72 bits per heavy atom. The van der Waals surface area contributed by atoms with Gasteiger partial charge in [-0.1, -0.05) is 55.9 Å². The summed E-state index contributed by atoms with van der Waals surface area (Å²) in [4.78, 5) is 36.2. The van der Waals surface area contributed by atoms with Crippen LogP contribution in [0.1, 0.15) is 45.1 Å². The highest BCUT2D eigenvalue weighted by molar-refractivity contribution is 7.99. The van der Waals surface area contributed by atoms with Gasteiger partial charge in [0.15, 0.2) is 5.16 Å². The zero-order valence-electron chi connectivity index (χ0n) is 21.4. The number of aromatic nitrogens is 2. The number of rotatable bonds is 6. The fourth-order valence-electron chi connectivity index (χ4n) is 5.64. The van der Waals surface area contributed by atoms with Gasteiger partial charge in [0.05, 0.1) is 23.2 Å². The molecule has 1 amide bonds. The molecule has 0 unspecified atom stereocenters. The molecule has 2 atom stereocenters. The van der Waals surface area contributed by atoms with E-state index in [9.17, 15) is 9.59 Å². The first-order chi connectivity index (χ1) is 17.5. The summed E-state index contributed by atoms with van der Waals surface area (Å²) >= 11 is 1.38. The maximum atomic E-state index is 13.8. The summed E-state index contributed by atoms with van der Waals surface area (Å²) in [5.41, 5.74) is 2.79. The molecule has 7 heteroatoms. The number of hydrogen-bond donors (Lipinski definition) is 0. The highest BCUT2D eigenvalue weighted by Gasteiger charge is 2.26. The topological polar surface area (TPSA) is 58.4 Å². The molecule has 0 spiro atoms. The number of piperidine rings is 2. The van der Waals surface area contributed by atoms with Crippen molar-refractivity contribution < 1.29 is 4.79 Å². The van der Waals surface area contributed by atoms with Crippen molar-refractivity contribution in [2.45, 2.75) is 51.2 Å². The minimum atomic E-state index is -0.0436. The van der Waals surface area contributed by atoms with Crippen LogP contribution in [0.4, 0.5) is 5.69 Å². The van der Waals surface area contributed by atoms with Crippen LogP contribution in [0.3, 0.4) is 0 Å². The van der Waals surface area contributed by atoms with E-state index >= 15 is 0 Å². The number of anilines is 1. The second kappa shape index (κ2) is 11.1. The first kappa shape index (κ1) is 24.9. The zero-order valence-corrected chi connectivity index (χ0v) is 22.2. The van der Waals surface area contributed by atoms with E-state index < -0.39 is 0 Å². The van der Waals surface area contributed by atoms with Crippen molar-refractivity contribution >= 4 is 34.3 Å². The molecule has 5 rings (SSSR count). The molecule has 6 nitrogen and oxygen atoms in total. The monoisotopic (exact) mass is 504 g/mol.